The van der Waals surface area contributed by atoms with E-state index in [0.29, 0.717) is 5.92 Å². The fourth-order valence-corrected chi connectivity index (χ4v) is 1.73. The number of hydrogen-bond acceptors (Lipinski definition) is 1. The van der Waals surface area contributed by atoms with Crippen molar-refractivity contribution in [2.24, 2.45) is 0 Å². The van der Waals surface area contributed by atoms with Gasteiger partial charge < -0.3 is 0 Å². The van der Waals surface area contributed by atoms with Crippen molar-refractivity contribution < 1.29 is 0 Å². The van der Waals surface area contributed by atoms with Gasteiger partial charge in [0, 0.05) is 6.54 Å². The molecule has 1 aromatic carbocycles. The molecule has 0 bridgehead atoms. The van der Waals surface area contributed by atoms with E-state index in [1.165, 1.54) is 16.7 Å². The molecule has 0 N–H and O–H groups in total. The molecule has 0 atom stereocenters. The number of halogens is 1. The van der Waals surface area contributed by atoms with Gasteiger partial charge in [-0.15, -0.1) is 0 Å². The maximum Gasteiger partial charge on any atom is 0.0542 e. The van der Waals surface area contributed by atoms with E-state index in [0.717, 1.165) is 12.0 Å². The summed E-state index contributed by atoms with van der Waals surface area (Å²) in [6.07, 6.45) is 0. The van der Waals surface area contributed by atoms with Gasteiger partial charge in [0.1, 0.15) is 0 Å². The summed E-state index contributed by atoms with van der Waals surface area (Å²) in [6.45, 7) is 7.67. The minimum atomic E-state index is 0.610. The highest BCUT2D eigenvalue weighted by Gasteiger charge is 2.05. The first-order valence-electron chi connectivity index (χ1n) is 5.38. The van der Waals surface area contributed by atoms with Crippen LogP contribution in [-0.2, 0) is 6.54 Å². The fourth-order valence-electron chi connectivity index (χ4n) is 1.55. The van der Waals surface area contributed by atoms with Crippen LogP contribution in [0.2, 0.25) is 0 Å². The number of alkyl halides is 1. The summed E-state index contributed by atoms with van der Waals surface area (Å²) < 4.78 is 0. The molecule has 0 saturated heterocycles. The Kier molecular flexibility index (Phi) is 4.81. The summed E-state index contributed by atoms with van der Waals surface area (Å²) in [5, 5.41) is 0. The second-order valence-corrected chi connectivity index (χ2v) is 4.98. The van der Waals surface area contributed by atoms with Gasteiger partial charge in [0.2, 0.25) is 0 Å². The van der Waals surface area contributed by atoms with Crippen molar-refractivity contribution in [2.45, 2.75) is 33.2 Å². The Morgan fingerprint density at radius 3 is 2.53 bits per heavy atom. The Morgan fingerprint density at radius 1 is 1.33 bits per heavy atom. The van der Waals surface area contributed by atoms with Gasteiger partial charge in [-0.05, 0) is 36.6 Å². The molecule has 0 aliphatic rings. The number of benzene rings is 1. The molecule has 1 aromatic rings. The van der Waals surface area contributed by atoms with E-state index in [4.69, 9.17) is 0 Å². The van der Waals surface area contributed by atoms with Gasteiger partial charge in [0.15, 0.2) is 0 Å². The van der Waals surface area contributed by atoms with E-state index in [9.17, 15) is 0 Å². The van der Waals surface area contributed by atoms with Gasteiger partial charge in [0.25, 0.3) is 0 Å². The van der Waals surface area contributed by atoms with Crippen LogP contribution in [0.3, 0.4) is 0 Å². The zero-order valence-corrected chi connectivity index (χ0v) is 11.6. The predicted octanol–water partition coefficient (Wildman–Crippen LogP) is 3.90. The molecule has 1 nitrogen and oxygen atoms in total. The highest BCUT2D eigenvalue weighted by molar-refractivity contribution is 9.09. The molecule has 0 aliphatic heterocycles. The number of nitrogens with zero attached hydrogens (tertiary/aromatic N) is 1. The van der Waals surface area contributed by atoms with Crippen LogP contribution in [0, 0.1) is 6.92 Å². The summed E-state index contributed by atoms with van der Waals surface area (Å²) in [6, 6.07) is 6.80. The number of hydrogen-bond donors (Lipinski definition) is 0. The first kappa shape index (κ1) is 12.7. The molecule has 15 heavy (non-hydrogen) atoms. The van der Waals surface area contributed by atoms with E-state index in [2.05, 4.69) is 66.8 Å². The van der Waals surface area contributed by atoms with Crippen LogP contribution in [0.15, 0.2) is 18.2 Å². The van der Waals surface area contributed by atoms with Crippen LogP contribution in [-0.4, -0.2) is 17.4 Å². The third-order valence-corrected chi connectivity index (χ3v) is 3.54. The van der Waals surface area contributed by atoms with E-state index >= 15 is 0 Å². The molecular formula is C13H20BrN. The molecule has 0 aromatic heterocycles. The first-order chi connectivity index (χ1) is 7.04. The normalized spacial score (nSPS) is 11.4. The molecule has 2 heteroatoms. The maximum absolute atomic E-state index is 3.47. The summed E-state index contributed by atoms with van der Waals surface area (Å²) in [5.74, 6) is 0.610. The van der Waals surface area contributed by atoms with Crippen LogP contribution < -0.4 is 0 Å². The second-order valence-electron chi connectivity index (χ2n) is 4.47. The van der Waals surface area contributed by atoms with Crippen molar-refractivity contribution in [2.75, 3.05) is 12.5 Å². The van der Waals surface area contributed by atoms with E-state index in [1.54, 1.807) is 0 Å². The van der Waals surface area contributed by atoms with Crippen LogP contribution in [0.5, 0.6) is 0 Å². The van der Waals surface area contributed by atoms with Crippen LogP contribution in [0.4, 0.5) is 0 Å². The van der Waals surface area contributed by atoms with Crippen molar-refractivity contribution in [3.63, 3.8) is 0 Å². The van der Waals surface area contributed by atoms with Crippen LogP contribution in [0.1, 0.15) is 36.5 Å². The minimum Gasteiger partial charge on any atom is -0.292 e. The lowest BCUT2D eigenvalue weighted by Crippen LogP contribution is -2.16. The zero-order chi connectivity index (χ0) is 11.4. The monoisotopic (exact) mass is 269 g/mol. The lowest BCUT2D eigenvalue weighted by atomic mass is 9.98. The lowest BCUT2D eigenvalue weighted by Gasteiger charge is -2.16. The van der Waals surface area contributed by atoms with Gasteiger partial charge in [-0.1, -0.05) is 48.0 Å². The summed E-state index contributed by atoms with van der Waals surface area (Å²) >= 11 is 3.47. The average Bonchev–Trinajstić information content (AvgIpc) is 2.20. The Labute approximate surface area is 102 Å². The molecule has 0 fully saturated rings. The molecule has 0 radical (unpaired) electrons. The van der Waals surface area contributed by atoms with Gasteiger partial charge in [-0.25, -0.2) is 0 Å². The van der Waals surface area contributed by atoms with Gasteiger partial charge >= 0.3 is 0 Å². The summed E-state index contributed by atoms with van der Waals surface area (Å²) in [4.78, 5) is 2.26. The number of rotatable bonds is 4. The van der Waals surface area contributed by atoms with E-state index < -0.39 is 0 Å². The van der Waals surface area contributed by atoms with Crippen molar-refractivity contribution in [3.8, 4) is 0 Å². The van der Waals surface area contributed by atoms with Gasteiger partial charge in [0.05, 0.1) is 5.45 Å². The first-order valence-corrected chi connectivity index (χ1v) is 6.50. The summed E-state index contributed by atoms with van der Waals surface area (Å²) in [5.41, 5.74) is 5.16. The minimum absolute atomic E-state index is 0.610. The molecular weight excluding hydrogens is 250 g/mol. The third-order valence-electron chi connectivity index (χ3n) is 2.68. The van der Waals surface area contributed by atoms with Crippen LogP contribution in [0.25, 0.3) is 0 Å². The van der Waals surface area contributed by atoms with E-state index in [1.807, 2.05) is 0 Å². The van der Waals surface area contributed by atoms with Crippen molar-refractivity contribution in [3.05, 3.63) is 34.9 Å². The van der Waals surface area contributed by atoms with Gasteiger partial charge in [-0.2, -0.15) is 0 Å². The molecule has 84 valence electrons. The van der Waals surface area contributed by atoms with Crippen LogP contribution >= 0.6 is 15.9 Å². The summed E-state index contributed by atoms with van der Waals surface area (Å²) in [7, 11) is 2.12. The Morgan fingerprint density at radius 2 is 2.00 bits per heavy atom. The third kappa shape index (κ3) is 3.62. The van der Waals surface area contributed by atoms with Crippen molar-refractivity contribution >= 4 is 15.9 Å². The Bertz CT molecular complexity index is 320. The van der Waals surface area contributed by atoms with Crippen molar-refractivity contribution in [1.29, 1.82) is 0 Å². The molecule has 0 unspecified atom stereocenters. The highest BCUT2D eigenvalue weighted by Crippen LogP contribution is 2.19. The number of aryl methyl sites for hydroxylation is 1. The Hall–Kier alpha value is -0.340. The maximum atomic E-state index is 3.47. The highest BCUT2D eigenvalue weighted by atomic mass is 79.9. The average molecular weight is 270 g/mol. The predicted molar refractivity (Wildman–Crippen MR) is 70.5 cm³/mol. The molecule has 0 aliphatic carbocycles. The topological polar surface area (TPSA) is 3.24 Å². The molecule has 0 amide bonds. The standard InChI is InChI=1S/C13H20BrN/c1-10(2)12-6-5-11(3)13(7-12)8-15(4)9-14/h5-7,10H,8-9H2,1-4H3. The second kappa shape index (κ2) is 5.66. The molecule has 0 saturated carbocycles. The Balaban J connectivity index is 2.90. The quantitative estimate of drug-likeness (QED) is 0.592. The van der Waals surface area contributed by atoms with Gasteiger partial charge in [-0.3, -0.25) is 4.90 Å². The van der Waals surface area contributed by atoms with Crippen molar-refractivity contribution in [1.82, 2.24) is 4.90 Å². The molecule has 0 heterocycles. The molecule has 1 rings (SSSR count). The zero-order valence-electron chi connectivity index (χ0n) is 10.0. The lowest BCUT2D eigenvalue weighted by molar-refractivity contribution is 0.389. The SMILES string of the molecule is Cc1ccc(C(C)C)cc1CN(C)CBr. The molecule has 0 spiro atoms. The van der Waals surface area contributed by atoms with E-state index in [-0.39, 0.29) is 0 Å². The largest absolute Gasteiger partial charge is 0.292 e. The fraction of sp³-hybridized carbons (Fsp3) is 0.538. The smallest absolute Gasteiger partial charge is 0.0542 e.